The fourth-order valence-electron chi connectivity index (χ4n) is 3.17. The SMILES string of the molecule is O=C(O)CCc1ccc(/C(=C\C2CCOCC2)c2ccc(Cl)c(=O)[nH]2)cc1. The maximum atomic E-state index is 12.0. The van der Waals surface area contributed by atoms with E-state index in [1.54, 1.807) is 6.07 Å². The topological polar surface area (TPSA) is 79.4 Å². The number of benzene rings is 1. The highest BCUT2D eigenvalue weighted by Crippen LogP contribution is 2.27. The third-order valence-corrected chi connectivity index (χ3v) is 5.01. The Morgan fingerprint density at radius 1 is 1.19 bits per heavy atom. The van der Waals surface area contributed by atoms with E-state index in [1.807, 2.05) is 30.3 Å². The zero-order chi connectivity index (χ0) is 19.2. The molecular weight excluding hydrogens is 366 g/mol. The number of carboxylic acids is 1. The van der Waals surface area contributed by atoms with Crippen molar-refractivity contribution in [3.05, 3.63) is 74.7 Å². The van der Waals surface area contributed by atoms with E-state index in [-0.39, 0.29) is 17.0 Å². The van der Waals surface area contributed by atoms with Crippen molar-refractivity contribution in [3.63, 3.8) is 0 Å². The number of ether oxygens (including phenoxy) is 1. The largest absolute Gasteiger partial charge is 0.481 e. The van der Waals surface area contributed by atoms with Gasteiger partial charge in [-0.15, -0.1) is 0 Å². The molecule has 5 nitrogen and oxygen atoms in total. The Balaban J connectivity index is 1.93. The number of aliphatic carboxylic acids is 1. The van der Waals surface area contributed by atoms with Gasteiger partial charge in [0, 0.05) is 30.9 Å². The number of nitrogens with one attached hydrogen (secondary N) is 1. The normalized spacial score (nSPS) is 15.7. The molecule has 2 aromatic rings. The molecule has 0 radical (unpaired) electrons. The van der Waals surface area contributed by atoms with Crippen LogP contribution in [0.4, 0.5) is 0 Å². The van der Waals surface area contributed by atoms with Crippen LogP contribution in [0.1, 0.15) is 36.1 Å². The lowest BCUT2D eigenvalue weighted by atomic mass is 9.92. The minimum atomic E-state index is -0.807. The lowest BCUT2D eigenvalue weighted by Gasteiger charge is -2.21. The average molecular weight is 388 g/mol. The number of rotatable bonds is 6. The lowest BCUT2D eigenvalue weighted by molar-refractivity contribution is -0.136. The molecule has 1 aliphatic heterocycles. The first-order valence-corrected chi connectivity index (χ1v) is 9.40. The zero-order valence-electron chi connectivity index (χ0n) is 14.9. The van der Waals surface area contributed by atoms with Crippen LogP contribution in [0.25, 0.3) is 5.57 Å². The molecule has 142 valence electrons. The molecular formula is C21H22ClNO4. The van der Waals surface area contributed by atoms with Crippen LogP contribution in [0.15, 0.2) is 47.3 Å². The molecule has 0 amide bonds. The maximum absolute atomic E-state index is 12.0. The van der Waals surface area contributed by atoms with Gasteiger partial charge in [-0.25, -0.2) is 0 Å². The molecule has 3 rings (SSSR count). The molecule has 1 aromatic carbocycles. The second kappa shape index (κ2) is 9.02. The van der Waals surface area contributed by atoms with Gasteiger partial charge in [0.25, 0.3) is 5.56 Å². The zero-order valence-corrected chi connectivity index (χ0v) is 15.7. The number of aryl methyl sites for hydroxylation is 1. The summed E-state index contributed by atoms with van der Waals surface area (Å²) in [6.45, 7) is 1.47. The number of pyridine rings is 1. The maximum Gasteiger partial charge on any atom is 0.303 e. The van der Waals surface area contributed by atoms with Crippen molar-refractivity contribution >= 4 is 23.1 Å². The lowest BCUT2D eigenvalue weighted by Crippen LogP contribution is -2.15. The number of carboxylic acid groups (broad SMARTS) is 1. The molecule has 2 heterocycles. The van der Waals surface area contributed by atoms with Gasteiger partial charge in [0.15, 0.2) is 0 Å². The summed E-state index contributed by atoms with van der Waals surface area (Å²) >= 11 is 5.88. The Morgan fingerprint density at radius 3 is 2.52 bits per heavy atom. The van der Waals surface area contributed by atoms with Crippen LogP contribution in [0, 0.1) is 5.92 Å². The van der Waals surface area contributed by atoms with E-state index in [4.69, 9.17) is 21.4 Å². The van der Waals surface area contributed by atoms with Crippen LogP contribution < -0.4 is 5.56 Å². The number of allylic oxidation sites excluding steroid dienone is 1. The molecule has 0 spiro atoms. The van der Waals surface area contributed by atoms with Crippen LogP contribution in [-0.2, 0) is 16.0 Å². The monoisotopic (exact) mass is 387 g/mol. The van der Waals surface area contributed by atoms with E-state index in [0.717, 1.165) is 42.8 Å². The van der Waals surface area contributed by atoms with Crippen molar-refractivity contribution < 1.29 is 14.6 Å². The van der Waals surface area contributed by atoms with Gasteiger partial charge in [-0.1, -0.05) is 41.9 Å². The van der Waals surface area contributed by atoms with Crippen molar-refractivity contribution in [2.45, 2.75) is 25.7 Å². The molecule has 0 saturated carbocycles. The first-order valence-electron chi connectivity index (χ1n) is 9.03. The fraction of sp³-hybridized carbons (Fsp3) is 0.333. The standard InChI is InChI=1S/C21H22ClNO4/c22-18-6-7-19(23-21(18)26)17(13-15-9-11-27-12-10-15)16-4-1-14(2-5-16)3-8-20(24)25/h1-2,4-7,13,15H,3,8-12H2,(H,23,26)(H,24,25)/b17-13+. The first kappa shape index (κ1) is 19.4. The van der Waals surface area contributed by atoms with Gasteiger partial charge in [0.2, 0.25) is 0 Å². The molecule has 1 fully saturated rings. The summed E-state index contributed by atoms with van der Waals surface area (Å²) in [5.41, 5.74) is 3.29. The van der Waals surface area contributed by atoms with Gasteiger partial charge < -0.3 is 14.8 Å². The van der Waals surface area contributed by atoms with Crippen LogP contribution in [0.5, 0.6) is 0 Å². The summed E-state index contributed by atoms with van der Waals surface area (Å²) < 4.78 is 5.44. The predicted octanol–water partition coefficient (Wildman–Crippen LogP) is 3.90. The number of aromatic amines is 1. The van der Waals surface area contributed by atoms with Crippen molar-refractivity contribution in [2.24, 2.45) is 5.92 Å². The Labute approximate surface area is 162 Å². The van der Waals surface area contributed by atoms with E-state index in [0.29, 0.717) is 18.0 Å². The second-order valence-corrected chi connectivity index (χ2v) is 7.08. The molecule has 0 aliphatic carbocycles. The highest BCUT2D eigenvalue weighted by Gasteiger charge is 2.15. The Morgan fingerprint density at radius 2 is 1.89 bits per heavy atom. The van der Waals surface area contributed by atoms with Crippen molar-refractivity contribution in [3.8, 4) is 0 Å². The summed E-state index contributed by atoms with van der Waals surface area (Å²) in [5, 5.41) is 8.99. The average Bonchev–Trinajstić information content (AvgIpc) is 2.68. The number of hydrogen-bond acceptors (Lipinski definition) is 3. The Kier molecular flexibility index (Phi) is 6.48. The van der Waals surface area contributed by atoms with Gasteiger partial charge in [0.1, 0.15) is 5.02 Å². The molecule has 1 saturated heterocycles. The van der Waals surface area contributed by atoms with E-state index in [2.05, 4.69) is 11.1 Å². The highest BCUT2D eigenvalue weighted by atomic mass is 35.5. The van der Waals surface area contributed by atoms with Crippen LogP contribution in [-0.4, -0.2) is 29.3 Å². The minimum Gasteiger partial charge on any atom is -0.481 e. The summed E-state index contributed by atoms with van der Waals surface area (Å²) in [7, 11) is 0. The Hall–Kier alpha value is -2.37. The van der Waals surface area contributed by atoms with E-state index in [9.17, 15) is 9.59 Å². The highest BCUT2D eigenvalue weighted by molar-refractivity contribution is 6.30. The molecule has 1 aliphatic rings. The minimum absolute atomic E-state index is 0.106. The molecule has 27 heavy (non-hydrogen) atoms. The number of hydrogen-bond donors (Lipinski definition) is 2. The van der Waals surface area contributed by atoms with Crippen LogP contribution in [0.2, 0.25) is 5.02 Å². The fourth-order valence-corrected chi connectivity index (χ4v) is 3.29. The van der Waals surface area contributed by atoms with Crippen LogP contribution >= 0.6 is 11.6 Å². The summed E-state index contributed by atoms with van der Waals surface area (Å²) in [4.78, 5) is 25.6. The van der Waals surface area contributed by atoms with Crippen LogP contribution in [0.3, 0.4) is 0 Å². The number of halogens is 1. The molecule has 2 N–H and O–H groups in total. The van der Waals surface area contributed by atoms with Gasteiger partial charge >= 0.3 is 5.97 Å². The summed E-state index contributed by atoms with van der Waals surface area (Å²) in [5.74, 6) is -0.433. The smallest absolute Gasteiger partial charge is 0.303 e. The van der Waals surface area contributed by atoms with Crippen molar-refractivity contribution in [2.75, 3.05) is 13.2 Å². The third kappa shape index (κ3) is 5.31. The third-order valence-electron chi connectivity index (χ3n) is 4.71. The van der Waals surface area contributed by atoms with Crippen molar-refractivity contribution in [1.82, 2.24) is 4.98 Å². The first-order chi connectivity index (χ1) is 13.0. The molecule has 0 unspecified atom stereocenters. The van der Waals surface area contributed by atoms with Gasteiger partial charge in [0.05, 0.1) is 0 Å². The Bertz CT molecular complexity index is 880. The van der Waals surface area contributed by atoms with E-state index in [1.165, 1.54) is 0 Å². The van der Waals surface area contributed by atoms with E-state index >= 15 is 0 Å². The molecule has 0 bridgehead atoms. The van der Waals surface area contributed by atoms with Gasteiger partial charge in [-0.3, -0.25) is 9.59 Å². The number of H-pyrrole nitrogens is 1. The van der Waals surface area contributed by atoms with Gasteiger partial charge in [-0.2, -0.15) is 0 Å². The number of aromatic nitrogens is 1. The number of carbonyl (C=O) groups is 1. The van der Waals surface area contributed by atoms with E-state index < -0.39 is 5.97 Å². The molecule has 0 atom stereocenters. The van der Waals surface area contributed by atoms with Gasteiger partial charge in [-0.05, 0) is 48.4 Å². The van der Waals surface area contributed by atoms with Crippen molar-refractivity contribution in [1.29, 1.82) is 0 Å². The second-order valence-electron chi connectivity index (χ2n) is 6.67. The predicted molar refractivity (Wildman–Crippen MR) is 105 cm³/mol. The summed E-state index contributed by atoms with van der Waals surface area (Å²) in [6, 6.07) is 11.2. The molecule has 6 heteroatoms. The summed E-state index contributed by atoms with van der Waals surface area (Å²) in [6.07, 6.45) is 4.67. The molecule has 1 aromatic heterocycles. The quantitative estimate of drug-likeness (QED) is 0.787.